The van der Waals surface area contributed by atoms with Crippen molar-refractivity contribution in [3.8, 4) is 0 Å². The van der Waals surface area contributed by atoms with E-state index in [1.807, 2.05) is 18.2 Å². The highest BCUT2D eigenvalue weighted by Crippen LogP contribution is 2.14. The molecule has 0 aromatic heterocycles. The van der Waals surface area contributed by atoms with Crippen molar-refractivity contribution in [3.05, 3.63) is 48.6 Å². The summed E-state index contributed by atoms with van der Waals surface area (Å²) in [7, 11) is 0. The van der Waals surface area contributed by atoms with Gasteiger partial charge in [0, 0.05) is 6.42 Å². The van der Waals surface area contributed by atoms with Gasteiger partial charge in [0.15, 0.2) is 0 Å². The Hall–Kier alpha value is -1.57. The average molecular weight is 302 g/mol. The number of esters is 1. The Morgan fingerprint density at radius 2 is 1.82 bits per heavy atom. The monoisotopic (exact) mass is 302 g/mol. The van der Waals surface area contributed by atoms with E-state index in [1.54, 1.807) is 0 Å². The Balaban J connectivity index is 2.03. The molecule has 1 atom stereocenters. The third-order valence-corrected chi connectivity index (χ3v) is 3.58. The molecule has 1 fully saturated rings. The fourth-order valence-corrected chi connectivity index (χ4v) is 2.29. The van der Waals surface area contributed by atoms with Crippen LogP contribution in [0.1, 0.15) is 64.7 Å². The summed E-state index contributed by atoms with van der Waals surface area (Å²) >= 11 is 0. The molecule has 0 radical (unpaired) electrons. The molecule has 0 aliphatic carbocycles. The molecule has 0 aromatic rings. The lowest BCUT2D eigenvalue weighted by Gasteiger charge is -2.18. The SMILES string of the molecule is CCCCC/C=C/C/C=C\C/C=C/C=C/[C@@H]1CCCC(=O)O1. The van der Waals surface area contributed by atoms with Gasteiger partial charge in [-0.2, -0.15) is 0 Å². The number of cyclic esters (lactones) is 1. The highest BCUT2D eigenvalue weighted by molar-refractivity contribution is 5.70. The number of hydrogen-bond donors (Lipinski definition) is 0. The summed E-state index contributed by atoms with van der Waals surface area (Å²) < 4.78 is 5.21. The van der Waals surface area contributed by atoms with Crippen LogP contribution in [0.5, 0.6) is 0 Å². The zero-order chi connectivity index (χ0) is 15.9. The average Bonchev–Trinajstić information content (AvgIpc) is 2.52. The molecule has 1 heterocycles. The van der Waals surface area contributed by atoms with Crippen LogP contribution in [0.15, 0.2) is 48.6 Å². The third-order valence-electron chi connectivity index (χ3n) is 3.58. The van der Waals surface area contributed by atoms with Crippen LogP contribution in [0.2, 0.25) is 0 Å². The van der Waals surface area contributed by atoms with Crippen molar-refractivity contribution in [2.45, 2.75) is 70.8 Å². The standard InChI is InChI=1S/C20H30O2/c1-2-3-4-5-6-7-8-9-10-11-12-13-14-16-19-17-15-18-20(21)22-19/h6-7,9-10,12-14,16,19H,2-5,8,11,15,17-18H2,1H3/b7-6+,10-9-,13-12+,16-14+/t19-/m1/s1. The Bertz CT molecular complexity index is 402. The Morgan fingerprint density at radius 1 is 1.05 bits per heavy atom. The van der Waals surface area contributed by atoms with E-state index in [-0.39, 0.29) is 12.1 Å². The molecule has 0 bridgehead atoms. The van der Waals surface area contributed by atoms with Crippen molar-refractivity contribution in [3.63, 3.8) is 0 Å². The van der Waals surface area contributed by atoms with Gasteiger partial charge in [-0.05, 0) is 44.6 Å². The summed E-state index contributed by atoms with van der Waals surface area (Å²) in [6.45, 7) is 2.23. The third kappa shape index (κ3) is 10.2. The van der Waals surface area contributed by atoms with Crippen molar-refractivity contribution in [2.24, 2.45) is 0 Å². The number of carbonyl (C=O) groups excluding carboxylic acids is 1. The van der Waals surface area contributed by atoms with Gasteiger partial charge < -0.3 is 4.74 Å². The van der Waals surface area contributed by atoms with Crippen LogP contribution in [-0.4, -0.2) is 12.1 Å². The molecule has 2 nitrogen and oxygen atoms in total. The lowest BCUT2D eigenvalue weighted by molar-refractivity contribution is -0.150. The van der Waals surface area contributed by atoms with E-state index in [1.165, 1.54) is 25.7 Å². The highest BCUT2D eigenvalue weighted by Gasteiger charge is 2.16. The molecule has 0 aromatic carbocycles. The summed E-state index contributed by atoms with van der Waals surface area (Å²) in [6.07, 6.45) is 26.5. The number of unbranched alkanes of at least 4 members (excludes halogenated alkanes) is 3. The van der Waals surface area contributed by atoms with Gasteiger partial charge in [-0.15, -0.1) is 0 Å². The zero-order valence-electron chi connectivity index (χ0n) is 13.9. The van der Waals surface area contributed by atoms with E-state index in [2.05, 4.69) is 37.3 Å². The van der Waals surface area contributed by atoms with E-state index in [0.717, 1.165) is 25.7 Å². The molecular weight excluding hydrogens is 272 g/mol. The number of allylic oxidation sites excluding steroid dienone is 7. The van der Waals surface area contributed by atoms with E-state index in [9.17, 15) is 4.79 Å². The largest absolute Gasteiger partial charge is 0.458 e. The molecule has 0 spiro atoms. The van der Waals surface area contributed by atoms with Gasteiger partial charge in [0.25, 0.3) is 0 Å². The number of ether oxygens (including phenoxy) is 1. The molecule has 1 saturated heterocycles. The Kier molecular flexibility index (Phi) is 11.0. The van der Waals surface area contributed by atoms with Crippen LogP contribution in [0, 0.1) is 0 Å². The summed E-state index contributed by atoms with van der Waals surface area (Å²) in [6, 6.07) is 0. The highest BCUT2D eigenvalue weighted by atomic mass is 16.5. The topological polar surface area (TPSA) is 26.3 Å². The second-order valence-corrected chi connectivity index (χ2v) is 5.64. The number of carbonyl (C=O) groups is 1. The van der Waals surface area contributed by atoms with Crippen LogP contribution >= 0.6 is 0 Å². The molecule has 0 amide bonds. The van der Waals surface area contributed by atoms with Gasteiger partial charge in [-0.1, -0.05) is 62.3 Å². The first-order valence-electron chi connectivity index (χ1n) is 8.65. The maximum atomic E-state index is 11.1. The fourth-order valence-electron chi connectivity index (χ4n) is 2.29. The first-order valence-corrected chi connectivity index (χ1v) is 8.65. The predicted octanol–water partition coefficient (Wildman–Crippen LogP) is 5.67. The molecule has 122 valence electrons. The summed E-state index contributed by atoms with van der Waals surface area (Å²) in [4.78, 5) is 11.1. The van der Waals surface area contributed by atoms with Crippen molar-refractivity contribution < 1.29 is 9.53 Å². The summed E-state index contributed by atoms with van der Waals surface area (Å²) in [5, 5.41) is 0. The van der Waals surface area contributed by atoms with Gasteiger partial charge in [0.05, 0.1) is 0 Å². The maximum Gasteiger partial charge on any atom is 0.306 e. The molecule has 1 aliphatic heterocycles. The molecule has 22 heavy (non-hydrogen) atoms. The van der Waals surface area contributed by atoms with E-state index >= 15 is 0 Å². The van der Waals surface area contributed by atoms with Crippen molar-refractivity contribution in [1.29, 1.82) is 0 Å². The minimum absolute atomic E-state index is 0.0284. The smallest absolute Gasteiger partial charge is 0.306 e. The molecule has 0 N–H and O–H groups in total. The van der Waals surface area contributed by atoms with Crippen LogP contribution in [0.3, 0.4) is 0 Å². The Labute approximate surface area is 135 Å². The minimum Gasteiger partial charge on any atom is -0.458 e. The molecule has 1 aliphatic rings. The second kappa shape index (κ2) is 13.1. The predicted molar refractivity (Wildman–Crippen MR) is 93.7 cm³/mol. The van der Waals surface area contributed by atoms with Crippen molar-refractivity contribution in [1.82, 2.24) is 0 Å². The molecule has 0 unspecified atom stereocenters. The van der Waals surface area contributed by atoms with E-state index in [0.29, 0.717) is 6.42 Å². The maximum absolute atomic E-state index is 11.1. The summed E-state index contributed by atoms with van der Waals surface area (Å²) in [5.41, 5.74) is 0. The van der Waals surface area contributed by atoms with Crippen LogP contribution in [0.4, 0.5) is 0 Å². The fraction of sp³-hybridized carbons (Fsp3) is 0.550. The minimum atomic E-state index is -0.0736. The number of rotatable bonds is 10. The van der Waals surface area contributed by atoms with Crippen LogP contribution in [0.25, 0.3) is 0 Å². The van der Waals surface area contributed by atoms with Gasteiger partial charge in [-0.3, -0.25) is 4.79 Å². The quantitative estimate of drug-likeness (QED) is 0.225. The lowest BCUT2D eigenvalue weighted by Crippen LogP contribution is -2.21. The summed E-state index contributed by atoms with van der Waals surface area (Å²) in [5.74, 6) is -0.0736. The first-order chi connectivity index (χ1) is 10.8. The number of hydrogen-bond acceptors (Lipinski definition) is 2. The van der Waals surface area contributed by atoms with Gasteiger partial charge in [0.1, 0.15) is 6.10 Å². The zero-order valence-corrected chi connectivity index (χ0v) is 13.9. The van der Waals surface area contributed by atoms with Crippen LogP contribution < -0.4 is 0 Å². The van der Waals surface area contributed by atoms with E-state index < -0.39 is 0 Å². The molecule has 1 rings (SSSR count). The van der Waals surface area contributed by atoms with Crippen molar-refractivity contribution >= 4 is 5.97 Å². The van der Waals surface area contributed by atoms with Gasteiger partial charge in [0.2, 0.25) is 0 Å². The molecular formula is C20H30O2. The molecule has 0 saturated carbocycles. The van der Waals surface area contributed by atoms with E-state index in [4.69, 9.17) is 4.74 Å². The van der Waals surface area contributed by atoms with Crippen LogP contribution in [-0.2, 0) is 9.53 Å². The lowest BCUT2D eigenvalue weighted by atomic mass is 10.1. The molecule has 2 heteroatoms. The van der Waals surface area contributed by atoms with Gasteiger partial charge in [-0.25, -0.2) is 0 Å². The Morgan fingerprint density at radius 3 is 2.59 bits per heavy atom. The normalized spacial score (nSPS) is 19.9. The second-order valence-electron chi connectivity index (χ2n) is 5.64. The van der Waals surface area contributed by atoms with Crippen molar-refractivity contribution in [2.75, 3.05) is 0 Å². The van der Waals surface area contributed by atoms with Gasteiger partial charge >= 0.3 is 5.97 Å². The first kappa shape index (κ1) is 18.5.